The Hall–Kier alpha value is -1.31. The van der Waals surface area contributed by atoms with Gasteiger partial charge in [-0.25, -0.2) is 4.79 Å². The molecule has 2 saturated carbocycles. The zero-order valence-corrected chi connectivity index (χ0v) is 12.9. The van der Waals surface area contributed by atoms with Crippen LogP contribution < -0.4 is 0 Å². The maximum absolute atomic E-state index is 10.9. The van der Waals surface area contributed by atoms with Crippen LogP contribution in [0.4, 0.5) is 0 Å². The summed E-state index contributed by atoms with van der Waals surface area (Å²) in [6, 6.07) is 7.59. The Morgan fingerprint density at radius 2 is 1.71 bits per heavy atom. The van der Waals surface area contributed by atoms with Crippen LogP contribution in [-0.4, -0.2) is 11.1 Å². The summed E-state index contributed by atoms with van der Waals surface area (Å²) in [6.45, 7) is 2.33. The molecule has 0 radical (unpaired) electrons. The highest BCUT2D eigenvalue weighted by Gasteiger charge is 2.35. The molecule has 0 bridgehead atoms. The van der Waals surface area contributed by atoms with Crippen molar-refractivity contribution in [1.82, 2.24) is 0 Å². The highest BCUT2D eigenvalue weighted by Crippen LogP contribution is 2.48. The molecule has 2 heteroatoms. The van der Waals surface area contributed by atoms with Crippen LogP contribution in [0.2, 0.25) is 0 Å². The lowest BCUT2D eigenvalue weighted by Gasteiger charge is -2.42. The standard InChI is InChI=1S/C19H26O2/c1-2-13-3-4-18-12-17(10-9-16(18)11-13)14-5-7-15(8-6-14)19(20)21/h5-8,13,16-18H,2-4,9-12H2,1H3,(H,20,21). The molecule has 0 aliphatic heterocycles. The SMILES string of the molecule is CCC1CCC2CC(c3ccc(C(=O)O)cc3)CCC2C1. The van der Waals surface area contributed by atoms with Gasteiger partial charge in [0.25, 0.3) is 0 Å². The molecule has 2 aliphatic rings. The Morgan fingerprint density at radius 3 is 2.38 bits per heavy atom. The van der Waals surface area contributed by atoms with E-state index in [1.807, 2.05) is 12.1 Å². The van der Waals surface area contributed by atoms with E-state index in [9.17, 15) is 4.79 Å². The van der Waals surface area contributed by atoms with Crippen LogP contribution in [-0.2, 0) is 0 Å². The van der Waals surface area contributed by atoms with E-state index in [1.54, 1.807) is 12.1 Å². The topological polar surface area (TPSA) is 37.3 Å². The molecular formula is C19H26O2. The maximum atomic E-state index is 10.9. The van der Waals surface area contributed by atoms with Crippen molar-refractivity contribution in [3.8, 4) is 0 Å². The molecule has 0 amide bonds. The molecule has 114 valence electrons. The zero-order valence-electron chi connectivity index (χ0n) is 12.9. The molecular weight excluding hydrogens is 260 g/mol. The Morgan fingerprint density at radius 1 is 1.05 bits per heavy atom. The van der Waals surface area contributed by atoms with Crippen LogP contribution in [0.25, 0.3) is 0 Å². The largest absolute Gasteiger partial charge is 0.478 e. The van der Waals surface area contributed by atoms with Gasteiger partial charge in [0.1, 0.15) is 0 Å². The Labute approximate surface area is 127 Å². The number of fused-ring (bicyclic) bond motifs is 1. The number of aromatic carboxylic acids is 1. The lowest BCUT2D eigenvalue weighted by atomic mass is 9.63. The molecule has 2 aliphatic carbocycles. The summed E-state index contributed by atoms with van der Waals surface area (Å²) < 4.78 is 0. The zero-order chi connectivity index (χ0) is 14.8. The van der Waals surface area contributed by atoms with Crippen molar-refractivity contribution in [1.29, 1.82) is 0 Å². The van der Waals surface area contributed by atoms with Crippen molar-refractivity contribution < 1.29 is 9.90 Å². The summed E-state index contributed by atoms with van der Waals surface area (Å²) in [4.78, 5) is 10.9. The van der Waals surface area contributed by atoms with E-state index >= 15 is 0 Å². The highest BCUT2D eigenvalue weighted by atomic mass is 16.4. The number of hydrogen-bond acceptors (Lipinski definition) is 1. The quantitative estimate of drug-likeness (QED) is 0.839. The van der Waals surface area contributed by atoms with Gasteiger partial charge in [0.05, 0.1) is 5.56 Å². The predicted molar refractivity (Wildman–Crippen MR) is 84.6 cm³/mol. The minimum absolute atomic E-state index is 0.399. The van der Waals surface area contributed by atoms with E-state index < -0.39 is 5.97 Å². The number of carbonyl (C=O) groups is 1. The molecule has 2 nitrogen and oxygen atoms in total. The third-order valence-electron chi connectivity index (χ3n) is 5.93. The third-order valence-corrected chi connectivity index (χ3v) is 5.93. The first-order valence-electron chi connectivity index (χ1n) is 8.50. The van der Waals surface area contributed by atoms with Crippen LogP contribution in [0, 0.1) is 17.8 Å². The minimum atomic E-state index is -0.830. The van der Waals surface area contributed by atoms with Crippen molar-refractivity contribution >= 4 is 5.97 Å². The summed E-state index contributed by atoms with van der Waals surface area (Å²) in [5, 5.41) is 8.99. The summed E-state index contributed by atoms with van der Waals surface area (Å²) in [5.74, 6) is 2.65. The highest BCUT2D eigenvalue weighted by molar-refractivity contribution is 5.87. The fourth-order valence-corrected chi connectivity index (χ4v) is 4.56. The van der Waals surface area contributed by atoms with E-state index in [0.717, 1.165) is 17.8 Å². The van der Waals surface area contributed by atoms with Gasteiger partial charge in [-0.2, -0.15) is 0 Å². The molecule has 0 aromatic heterocycles. The molecule has 4 unspecified atom stereocenters. The van der Waals surface area contributed by atoms with Crippen LogP contribution >= 0.6 is 0 Å². The lowest BCUT2D eigenvalue weighted by molar-refractivity contribution is 0.0697. The monoisotopic (exact) mass is 286 g/mol. The van der Waals surface area contributed by atoms with Gasteiger partial charge in [0, 0.05) is 0 Å². The summed E-state index contributed by atoms with van der Waals surface area (Å²) >= 11 is 0. The molecule has 0 saturated heterocycles. The number of carboxylic acid groups (broad SMARTS) is 1. The molecule has 4 atom stereocenters. The minimum Gasteiger partial charge on any atom is -0.478 e. The first-order chi connectivity index (χ1) is 10.2. The van der Waals surface area contributed by atoms with Crippen LogP contribution in [0.1, 0.15) is 73.7 Å². The van der Waals surface area contributed by atoms with Crippen molar-refractivity contribution in [2.75, 3.05) is 0 Å². The van der Waals surface area contributed by atoms with Crippen molar-refractivity contribution in [3.63, 3.8) is 0 Å². The fourth-order valence-electron chi connectivity index (χ4n) is 4.56. The Bertz CT molecular complexity index is 491. The Balaban J connectivity index is 1.65. The molecule has 21 heavy (non-hydrogen) atoms. The first-order valence-corrected chi connectivity index (χ1v) is 8.50. The summed E-state index contributed by atoms with van der Waals surface area (Å²) in [6.07, 6.45) is 9.59. The van der Waals surface area contributed by atoms with Gasteiger partial charge in [-0.1, -0.05) is 31.9 Å². The summed E-state index contributed by atoms with van der Waals surface area (Å²) in [7, 11) is 0. The van der Waals surface area contributed by atoms with Crippen LogP contribution in [0.3, 0.4) is 0 Å². The van der Waals surface area contributed by atoms with Gasteiger partial charge in [-0.3, -0.25) is 0 Å². The average molecular weight is 286 g/mol. The fraction of sp³-hybridized carbons (Fsp3) is 0.632. The van der Waals surface area contributed by atoms with Gasteiger partial charge in [-0.05, 0) is 73.5 Å². The van der Waals surface area contributed by atoms with Gasteiger partial charge in [0.2, 0.25) is 0 Å². The number of rotatable bonds is 3. The van der Waals surface area contributed by atoms with E-state index in [0.29, 0.717) is 11.5 Å². The van der Waals surface area contributed by atoms with Crippen LogP contribution in [0.15, 0.2) is 24.3 Å². The average Bonchev–Trinajstić information content (AvgIpc) is 2.54. The van der Waals surface area contributed by atoms with Crippen molar-refractivity contribution in [2.45, 2.75) is 57.8 Å². The predicted octanol–water partition coefficient (Wildman–Crippen LogP) is 5.09. The van der Waals surface area contributed by atoms with Gasteiger partial charge >= 0.3 is 5.97 Å². The third kappa shape index (κ3) is 3.14. The molecule has 1 aromatic carbocycles. The first kappa shape index (κ1) is 14.6. The van der Waals surface area contributed by atoms with E-state index in [2.05, 4.69) is 6.92 Å². The van der Waals surface area contributed by atoms with E-state index in [4.69, 9.17) is 5.11 Å². The van der Waals surface area contributed by atoms with E-state index in [1.165, 1.54) is 50.5 Å². The Kier molecular flexibility index (Phi) is 4.32. The summed E-state index contributed by atoms with van der Waals surface area (Å²) in [5.41, 5.74) is 1.74. The second kappa shape index (κ2) is 6.21. The van der Waals surface area contributed by atoms with Crippen molar-refractivity contribution in [3.05, 3.63) is 35.4 Å². The number of carboxylic acids is 1. The maximum Gasteiger partial charge on any atom is 0.335 e. The van der Waals surface area contributed by atoms with Gasteiger partial charge in [0.15, 0.2) is 0 Å². The van der Waals surface area contributed by atoms with Gasteiger partial charge in [-0.15, -0.1) is 0 Å². The number of benzene rings is 1. The van der Waals surface area contributed by atoms with Crippen molar-refractivity contribution in [2.24, 2.45) is 17.8 Å². The second-order valence-corrected chi connectivity index (χ2v) is 7.04. The normalized spacial score (nSPS) is 32.4. The van der Waals surface area contributed by atoms with Crippen LogP contribution in [0.5, 0.6) is 0 Å². The molecule has 1 aromatic rings. The second-order valence-electron chi connectivity index (χ2n) is 7.04. The molecule has 1 N–H and O–H groups in total. The lowest BCUT2D eigenvalue weighted by Crippen LogP contribution is -2.30. The smallest absolute Gasteiger partial charge is 0.335 e. The molecule has 0 heterocycles. The number of hydrogen-bond donors (Lipinski definition) is 1. The van der Waals surface area contributed by atoms with E-state index in [-0.39, 0.29) is 0 Å². The molecule has 0 spiro atoms. The van der Waals surface area contributed by atoms with Gasteiger partial charge < -0.3 is 5.11 Å². The molecule has 3 rings (SSSR count). The molecule has 2 fully saturated rings.